The zero-order chi connectivity index (χ0) is 22.6. The van der Waals surface area contributed by atoms with Crippen LogP contribution in [0.1, 0.15) is 29.8 Å². The van der Waals surface area contributed by atoms with Crippen LogP contribution in [-0.2, 0) is 7.05 Å². The number of nitrogens with one attached hydrogen (secondary N) is 1. The Bertz CT molecular complexity index is 965. The summed E-state index contributed by atoms with van der Waals surface area (Å²) in [5, 5.41) is 13.3. The van der Waals surface area contributed by atoms with E-state index in [4.69, 9.17) is 0 Å². The fourth-order valence-corrected chi connectivity index (χ4v) is 3.44. The molecule has 0 radical (unpaired) electrons. The molecular weight excluding hydrogens is 387 g/mol. The number of likely N-dealkylation sites (tertiary alicyclic amines) is 1. The van der Waals surface area contributed by atoms with E-state index in [9.17, 15) is 19.1 Å². The second-order valence-electron chi connectivity index (χ2n) is 7.78. The summed E-state index contributed by atoms with van der Waals surface area (Å²) in [6.07, 6.45) is 1.43. The monoisotopic (exact) mass is 418 g/mol. The molecule has 0 aliphatic carbocycles. The lowest BCUT2D eigenvalue weighted by atomic mass is 9.92. The largest absolute Gasteiger partial charge is 0.385 e. The zero-order valence-electron chi connectivity index (χ0n) is 18.5. The van der Waals surface area contributed by atoms with Gasteiger partial charge in [0.2, 0.25) is 0 Å². The molecule has 3 rings (SSSR count). The van der Waals surface area contributed by atoms with Crippen LogP contribution in [0.4, 0.5) is 15.8 Å². The number of aromatic nitrogens is 1. The Balaban J connectivity index is 0.00000155. The first kappa shape index (κ1) is 23.6. The van der Waals surface area contributed by atoms with Crippen molar-refractivity contribution in [2.75, 3.05) is 39.0 Å². The van der Waals surface area contributed by atoms with E-state index in [2.05, 4.69) is 5.32 Å². The highest BCUT2D eigenvalue weighted by atomic mass is 19.1. The van der Waals surface area contributed by atoms with E-state index in [0.29, 0.717) is 6.54 Å². The number of aliphatic hydroxyl groups is 1. The van der Waals surface area contributed by atoms with Gasteiger partial charge in [0, 0.05) is 25.9 Å². The van der Waals surface area contributed by atoms with E-state index in [0.717, 1.165) is 5.56 Å². The maximum Gasteiger partial charge on any atom is 0.257 e. The fourth-order valence-electron chi connectivity index (χ4n) is 3.44. The number of halogens is 1. The van der Waals surface area contributed by atoms with Gasteiger partial charge in [0.25, 0.3) is 11.5 Å². The summed E-state index contributed by atoms with van der Waals surface area (Å²) in [5.74, 6) is -0.794. The molecule has 2 heterocycles. The Kier molecular flexibility index (Phi) is 7.39. The normalized spacial score (nSPS) is 14.6. The van der Waals surface area contributed by atoms with Crippen molar-refractivity contribution >= 4 is 17.3 Å². The fraction of sp³-hybridized carbons (Fsp3) is 0.455. The third-order valence-electron chi connectivity index (χ3n) is 4.72. The maximum absolute atomic E-state index is 14.2. The summed E-state index contributed by atoms with van der Waals surface area (Å²) in [4.78, 5) is 28.4. The summed E-state index contributed by atoms with van der Waals surface area (Å²) in [6.45, 7) is 6.62. The van der Waals surface area contributed by atoms with Gasteiger partial charge in [-0.1, -0.05) is 19.9 Å². The van der Waals surface area contributed by atoms with Gasteiger partial charge in [0.05, 0.1) is 30.0 Å². The van der Waals surface area contributed by atoms with Crippen molar-refractivity contribution in [3.8, 4) is 0 Å². The van der Waals surface area contributed by atoms with Crippen LogP contribution >= 0.6 is 0 Å². The van der Waals surface area contributed by atoms with Crippen LogP contribution in [0.15, 0.2) is 35.3 Å². The Morgan fingerprint density at radius 1 is 1.23 bits per heavy atom. The van der Waals surface area contributed by atoms with Crippen LogP contribution in [0, 0.1) is 12.7 Å². The molecule has 30 heavy (non-hydrogen) atoms. The van der Waals surface area contributed by atoms with Crippen molar-refractivity contribution in [2.24, 2.45) is 7.05 Å². The van der Waals surface area contributed by atoms with E-state index >= 15 is 0 Å². The number of anilines is 2. The number of aryl methyl sites for hydroxylation is 2. The molecule has 1 saturated heterocycles. The molecule has 0 atom stereocenters. The van der Waals surface area contributed by atoms with Gasteiger partial charge in [-0.2, -0.15) is 0 Å². The summed E-state index contributed by atoms with van der Waals surface area (Å²) in [6, 6.07) is 5.96. The van der Waals surface area contributed by atoms with Crippen LogP contribution in [0.25, 0.3) is 0 Å². The van der Waals surface area contributed by atoms with Gasteiger partial charge in [-0.15, -0.1) is 0 Å². The topological polar surface area (TPSA) is 77.8 Å². The predicted octanol–water partition coefficient (Wildman–Crippen LogP) is 2.35. The smallest absolute Gasteiger partial charge is 0.257 e. The standard InChI is InChI=1S/C20H25FN4O3.C2H6/c1-13-5-6-16(15(21)7-13)22-17-8-18(26)24(4)9-14(17)19(27)25-11-20(28,12-25)10-23(2)3;1-2/h5-9,22,28H,10-12H2,1-4H3;1-2H3. The van der Waals surface area contributed by atoms with E-state index in [1.165, 1.54) is 27.8 Å². The van der Waals surface area contributed by atoms with Gasteiger partial charge in [-0.3, -0.25) is 9.59 Å². The lowest BCUT2D eigenvalue weighted by Crippen LogP contribution is -2.67. The third-order valence-corrected chi connectivity index (χ3v) is 4.72. The summed E-state index contributed by atoms with van der Waals surface area (Å²) in [5.41, 5.74) is 0.160. The SMILES string of the molecule is CC.Cc1ccc(Nc2cc(=O)n(C)cc2C(=O)N2CC(O)(CN(C)C)C2)c(F)c1. The summed E-state index contributed by atoms with van der Waals surface area (Å²) < 4.78 is 15.5. The first-order valence-electron chi connectivity index (χ1n) is 9.98. The number of hydrogen-bond acceptors (Lipinski definition) is 5. The number of hydrogen-bond donors (Lipinski definition) is 2. The highest BCUT2D eigenvalue weighted by Crippen LogP contribution is 2.28. The molecule has 1 fully saturated rings. The number of benzene rings is 1. The Hall–Kier alpha value is -2.71. The molecule has 164 valence electrons. The molecule has 1 aliphatic rings. The molecule has 1 amide bonds. The molecule has 7 nitrogen and oxygen atoms in total. The van der Waals surface area contributed by atoms with Gasteiger partial charge in [0.15, 0.2) is 0 Å². The molecule has 1 aromatic heterocycles. The predicted molar refractivity (Wildman–Crippen MR) is 117 cm³/mol. The average molecular weight is 419 g/mol. The minimum atomic E-state index is -0.948. The first-order chi connectivity index (χ1) is 14.1. The van der Waals surface area contributed by atoms with Crippen molar-refractivity contribution in [2.45, 2.75) is 26.4 Å². The molecule has 0 saturated carbocycles. The van der Waals surface area contributed by atoms with Crippen LogP contribution < -0.4 is 10.9 Å². The van der Waals surface area contributed by atoms with Crippen molar-refractivity contribution < 1.29 is 14.3 Å². The molecule has 2 aromatic rings. The minimum Gasteiger partial charge on any atom is -0.385 e. The highest BCUT2D eigenvalue weighted by molar-refractivity contribution is 6.00. The lowest BCUT2D eigenvalue weighted by molar-refractivity contribution is -0.0920. The second kappa shape index (κ2) is 9.40. The van der Waals surface area contributed by atoms with E-state index in [-0.39, 0.29) is 41.5 Å². The van der Waals surface area contributed by atoms with Crippen molar-refractivity contribution in [3.63, 3.8) is 0 Å². The lowest BCUT2D eigenvalue weighted by Gasteiger charge is -2.47. The minimum absolute atomic E-state index is 0.181. The molecule has 1 aliphatic heterocycles. The number of carbonyl (C=O) groups is 1. The van der Waals surface area contributed by atoms with E-state index in [1.54, 1.807) is 26.1 Å². The number of β-amino-alcohol motifs (C(OH)–C–C–N with tert-alkyl or cyclic N) is 1. The average Bonchev–Trinajstić information content (AvgIpc) is 2.65. The molecule has 0 spiro atoms. The van der Waals surface area contributed by atoms with Gasteiger partial charge in [0.1, 0.15) is 11.4 Å². The van der Waals surface area contributed by atoms with Crippen LogP contribution in [0.3, 0.4) is 0 Å². The van der Waals surface area contributed by atoms with E-state index in [1.807, 2.05) is 32.8 Å². The molecule has 8 heteroatoms. The van der Waals surface area contributed by atoms with Gasteiger partial charge in [-0.25, -0.2) is 4.39 Å². The molecule has 0 bridgehead atoms. The van der Waals surface area contributed by atoms with Crippen molar-refractivity contribution in [1.29, 1.82) is 0 Å². The molecular formula is C22H31FN4O3. The Morgan fingerprint density at radius 3 is 2.43 bits per heavy atom. The second-order valence-corrected chi connectivity index (χ2v) is 7.78. The molecule has 1 aromatic carbocycles. The number of rotatable bonds is 5. The van der Waals surface area contributed by atoms with Gasteiger partial charge >= 0.3 is 0 Å². The van der Waals surface area contributed by atoms with Crippen LogP contribution in [0.5, 0.6) is 0 Å². The van der Waals surface area contributed by atoms with Crippen molar-refractivity contribution in [1.82, 2.24) is 14.4 Å². The van der Waals surface area contributed by atoms with E-state index < -0.39 is 11.4 Å². The molecule has 0 unspecified atom stereocenters. The number of carbonyl (C=O) groups excluding carboxylic acids is 1. The number of likely N-dealkylation sites (N-methyl/N-ethyl adjacent to an activating group) is 1. The highest BCUT2D eigenvalue weighted by Gasteiger charge is 2.44. The quantitative estimate of drug-likeness (QED) is 0.780. The summed E-state index contributed by atoms with van der Waals surface area (Å²) >= 11 is 0. The Morgan fingerprint density at radius 2 is 1.87 bits per heavy atom. The van der Waals surface area contributed by atoms with Gasteiger partial charge in [-0.05, 0) is 38.7 Å². The third kappa shape index (κ3) is 5.25. The summed E-state index contributed by atoms with van der Waals surface area (Å²) in [7, 11) is 5.26. The number of amides is 1. The van der Waals surface area contributed by atoms with Crippen LogP contribution in [0.2, 0.25) is 0 Å². The maximum atomic E-state index is 14.2. The number of pyridine rings is 1. The zero-order valence-corrected chi connectivity index (χ0v) is 18.5. The first-order valence-corrected chi connectivity index (χ1v) is 9.98. The van der Waals surface area contributed by atoms with Crippen LogP contribution in [-0.4, -0.2) is 64.7 Å². The Labute approximate surface area is 176 Å². The molecule has 2 N–H and O–H groups in total. The van der Waals surface area contributed by atoms with Crippen molar-refractivity contribution in [3.05, 3.63) is 57.8 Å². The number of nitrogens with zero attached hydrogens (tertiary/aromatic N) is 3. The van der Waals surface area contributed by atoms with Gasteiger partial charge < -0.3 is 24.8 Å².